The molecule has 1 aromatic rings. The second-order valence-corrected chi connectivity index (χ2v) is 4.28. The molecule has 104 valence electrons. The average molecular weight is 263 g/mol. The van der Waals surface area contributed by atoms with E-state index in [1.54, 1.807) is 0 Å². The van der Waals surface area contributed by atoms with Crippen LogP contribution in [-0.4, -0.2) is 26.4 Å². The smallest absolute Gasteiger partial charge is 0.153 e. The van der Waals surface area contributed by atoms with Gasteiger partial charge in [0.1, 0.15) is 5.75 Å². The van der Waals surface area contributed by atoms with Crippen molar-refractivity contribution in [2.45, 2.75) is 20.3 Å². The molecule has 0 saturated carbocycles. The van der Waals surface area contributed by atoms with E-state index in [4.69, 9.17) is 19.9 Å². The number of rotatable bonds is 5. The summed E-state index contributed by atoms with van der Waals surface area (Å²) in [5, 5.41) is 0. The third-order valence-corrected chi connectivity index (χ3v) is 3.02. The van der Waals surface area contributed by atoms with Gasteiger partial charge in [-0.15, -0.1) is 0 Å². The Morgan fingerprint density at radius 3 is 2.63 bits per heavy atom. The lowest BCUT2D eigenvalue weighted by Gasteiger charge is -2.21. The first kappa shape index (κ1) is 13.7. The second kappa shape index (κ2) is 6.48. The summed E-state index contributed by atoms with van der Waals surface area (Å²) in [6.45, 7) is 6.47. The summed E-state index contributed by atoms with van der Waals surface area (Å²) >= 11 is 0. The lowest BCUT2D eigenvalue weighted by Crippen LogP contribution is -2.09. The normalized spacial score (nSPS) is 14.9. The van der Waals surface area contributed by atoms with Crippen LogP contribution < -0.4 is 15.2 Å². The molecular weight excluding hydrogens is 242 g/mol. The first-order valence-electron chi connectivity index (χ1n) is 6.73. The molecule has 4 nitrogen and oxygen atoms in total. The van der Waals surface area contributed by atoms with E-state index in [9.17, 15) is 0 Å². The molecule has 0 aliphatic carbocycles. The van der Waals surface area contributed by atoms with Crippen LogP contribution in [0.1, 0.15) is 25.8 Å². The minimum atomic E-state index is 0.580. The van der Waals surface area contributed by atoms with E-state index in [1.807, 2.05) is 26.0 Å². The Kier molecular flexibility index (Phi) is 4.68. The number of hydrogen-bond donors (Lipinski definition) is 1. The van der Waals surface area contributed by atoms with Crippen molar-refractivity contribution in [3.63, 3.8) is 0 Å². The van der Waals surface area contributed by atoms with E-state index in [0.717, 1.165) is 30.1 Å². The molecule has 2 rings (SSSR count). The molecule has 0 atom stereocenters. The first-order valence-corrected chi connectivity index (χ1v) is 6.73. The number of anilines is 1. The summed E-state index contributed by atoms with van der Waals surface area (Å²) in [4.78, 5) is 0. The van der Waals surface area contributed by atoms with Crippen LogP contribution in [0.25, 0.3) is 5.57 Å². The Hall–Kier alpha value is -1.68. The quantitative estimate of drug-likeness (QED) is 0.830. The summed E-state index contributed by atoms with van der Waals surface area (Å²) in [6, 6.07) is 3.74. The zero-order chi connectivity index (χ0) is 13.7. The van der Waals surface area contributed by atoms with Gasteiger partial charge in [-0.3, -0.25) is 0 Å². The van der Waals surface area contributed by atoms with Gasteiger partial charge in [0.15, 0.2) is 5.75 Å². The summed E-state index contributed by atoms with van der Waals surface area (Å²) in [5.41, 5.74) is 8.85. The number of nitrogens with two attached hydrogens (primary N) is 1. The van der Waals surface area contributed by atoms with Gasteiger partial charge in [-0.25, -0.2) is 0 Å². The molecule has 0 unspecified atom stereocenters. The number of nitrogen functional groups attached to an aromatic ring is 1. The molecule has 1 aromatic carbocycles. The van der Waals surface area contributed by atoms with Gasteiger partial charge in [0.05, 0.1) is 37.7 Å². The third-order valence-electron chi connectivity index (χ3n) is 3.02. The van der Waals surface area contributed by atoms with Crippen LogP contribution in [0.3, 0.4) is 0 Å². The van der Waals surface area contributed by atoms with Gasteiger partial charge in [-0.1, -0.05) is 6.08 Å². The standard InChI is InChI=1S/C15H21NO3/c1-3-18-13-6-5-12(16)15(19-4-2)14(13)11-7-9-17-10-8-11/h5-7H,3-4,8-10,16H2,1-2H3. The summed E-state index contributed by atoms with van der Waals surface area (Å²) in [6.07, 6.45) is 2.92. The number of ether oxygens (including phenoxy) is 3. The van der Waals surface area contributed by atoms with Crippen molar-refractivity contribution < 1.29 is 14.2 Å². The predicted molar refractivity (Wildman–Crippen MR) is 76.6 cm³/mol. The van der Waals surface area contributed by atoms with Crippen LogP contribution in [0.5, 0.6) is 11.5 Å². The minimum absolute atomic E-state index is 0.580. The van der Waals surface area contributed by atoms with Crippen molar-refractivity contribution in [1.29, 1.82) is 0 Å². The molecule has 0 spiro atoms. The van der Waals surface area contributed by atoms with Crippen molar-refractivity contribution in [1.82, 2.24) is 0 Å². The van der Waals surface area contributed by atoms with Crippen molar-refractivity contribution >= 4 is 11.3 Å². The highest BCUT2D eigenvalue weighted by molar-refractivity contribution is 5.80. The summed E-state index contributed by atoms with van der Waals surface area (Å²) in [7, 11) is 0. The summed E-state index contributed by atoms with van der Waals surface area (Å²) < 4.78 is 16.8. The highest BCUT2D eigenvalue weighted by atomic mass is 16.5. The zero-order valence-electron chi connectivity index (χ0n) is 11.6. The number of benzene rings is 1. The molecule has 1 aliphatic heterocycles. The first-order chi connectivity index (χ1) is 9.27. The van der Waals surface area contributed by atoms with Crippen molar-refractivity contribution in [3.05, 3.63) is 23.8 Å². The zero-order valence-corrected chi connectivity index (χ0v) is 11.6. The Bertz CT molecular complexity index is 469. The molecule has 2 N–H and O–H groups in total. The molecule has 0 amide bonds. The average Bonchev–Trinajstić information content (AvgIpc) is 2.44. The molecular formula is C15H21NO3. The van der Waals surface area contributed by atoms with Gasteiger partial charge < -0.3 is 19.9 Å². The highest BCUT2D eigenvalue weighted by Crippen LogP contribution is 2.41. The SMILES string of the molecule is CCOc1ccc(N)c(OCC)c1C1=CCOCC1. The van der Waals surface area contributed by atoms with Gasteiger partial charge in [0, 0.05) is 0 Å². The van der Waals surface area contributed by atoms with Crippen molar-refractivity contribution in [2.75, 3.05) is 32.2 Å². The van der Waals surface area contributed by atoms with Crippen LogP contribution in [0, 0.1) is 0 Å². The van der Waals surface area contributed by atoms with Gasteiger partial charge in [-0.05, 0) is 38.0 Å². The summed E-state index contributed by atoms with van der Waals surface area (Å²) in [5.74, 6) is 1.55. The number of hydrogen-bond acceptors (Lipinski definition) is 4. The maximum atomic E-state index is 6.04. The van der Waals surface area contributed by atoms with Crippen LogP contribution in [0.4, 0.5) is 5.69 Å². The van der Waals surface area contributed by atoms with Gasteiger partial charge in [0.25, 0.3) is 0 Å². The van der Waals surface area contributed by atoms with Crippen LogP contribution in [0.2, 0.25) is 0 Å². The van der Waals surface area contributed by atoms with E-state index in [2.05, 4.69) is 6.08 Å². The fraction of sp³-hybridized carbons (Fsp3) is 0.467. The molecule has 0 aromatic heterocycles. The maximum absolute atomic E-state index is 6.04. The topological polar surface area (TPSA) is 53.7 Å². The van der Waals surface area contributed by atoms with Crippen LogP contribution in [0.15, 0.2) is 18.2 Å². The molecule has 1 heterocycles. The molecule has 19 heavy (non-hydrogen) atoms. The van der Waals surface area contributed by atoms with E-state index >= 15 is 0 Å². The van der Waals surface area contributed by atoms with Crippen LogP contribution >= 0.6 is 0 Å². The van der Waals surface area contributed by atoms with E-state index < -0.39 is 0 Å². The van der Waals surface area contributed by atoms with Gasteiger partial charge >= 0.3 is 0 Å². The fourth-order valence-corrected chi connectivity index (χ4v) is 2.21. The van der Waals surface area contributed by atoms with E-state index in [0.29, 0.717) is 25.5 Å². The van der Waals surface area contributed by atoms with Crippen LogP contribution in [-0.2, 0) is 4.74 Å². The largest absolute Gasteiger partial charge is 0.493 e. The highest BCUT2D eigenvalue weighted by Gasteiger charge is 2.19. The molecule has 4 heteroatoms. The van der Waals surface area contributed by atoms with Crippen molar-refractivity contribution in [2.24, 2.45) is 0 Å². The fourth-order valence-electron chi connectivity index (χ4n) is 2.21. The van der Waals surface area contributed by atoms with Crippen molar-refractivity contribution in [3.8, 4) is 11.5 Å². The molecule has 0 fully saturated rings. The Balaban J connectivity index is 2.51. The Morgan fingerprint density at radius 2 is 2.00 bits per heavy atom. The van der Waals surface area contributed by atoms with E-state index in [-0.39, 0.29) is 0 Å². The Morgan fingerprint density at radius 1 is 1.21 bits per heavy atom. The molecule has 0 saturated heterocycles. The molecule has 0 radical (unpaired) electrons. The lowest BCUT2D eigenvalue weighted by molar-refractivity contribution is 0.161. The maximum Gasteiger partial charge on any atom is 0.153 e. The second-order valence-electron chi connectivity index (χ2n) is 4.28. The van der Waals surface area contributed by atoms with Gasteiger partial charge in [-0.2, -0.15) is 0 Å². The van der Waals surface area contributed by atoms with E-state index in [1.165, 1.54) is 5.57 Å². The lowest BCUT2D eigenvalue weighted by atomic mass is 9.98. The molecule has 1 aliphatic rings. The third kappa shape index (κ3) is 3.01. The monoisotopic (exact) mass is 263 g/mol. The molecule has 0 bridgehead atoms. The Labute approximate surface area is 114 Å². The van der Waals surface area contributed by atoms with Gasteiger partial charge in [0.2, 0.25) is 0 Å². The minimum Gasteiger partial charge on any atom is -0.493 e. The predicted octanol–water partition coefficient (Wildman–Crippen LogP) is 2.87.